The SMILES string of the molecule is C1=Cc2c(n(-c3ccc(C4=NC(c5ccccc5)NC(c5ccccc5)=N4)cc3)c3ccc(-c4ccc5c(c4)c4ccccc4n5-c4ccccc4)cc23)CC1. The molecule has 1 atom stereocenters. The van der Waals surface area contributed by atoms with Crippen LogP contribution in [0.2, 0.25) is 0 Å². The molecule has 5 nitrogen and oxygen atoms in total. The quantitative estimate of drug-likeness (QED) is 0.183. The molecule has 7 aromatic carbocycles. The number of nitrogens with one attached hydrogen (secondary N) is 1. The third kappa shape index (κ3) is 5.39. The minimum Gasteiger partial charge on any atom is -0.344 e. The van der Waals surface area contributed by atoms with Gasteiger partial charge in [-0.05, 0) is 96.3 Å². The Morgan fingerprint density at radius 3 is 1.88 bits per heavy atom. The molecule has 11 rings (SSSR count). The number of hydrogen-bond donors (Lipinski definition) is 1. The van der Waals surface area contributed by atoms with Crippen molar-refractivity contribution in [3.05, 3.63) is 210 Å². The number of rotatable bonds is 6. The summed E-state index contributed by atoms with van der Waals surface area (Å²) in [4.78, 5) is 10.1. The molecule has 266 valence electrons. The van der Waals surface area contributed by atoms with Crippen LogP contribution in [0, 0.1) is 0 Å². The summed E-state index contributed by atoms with van der Waals surface area (Å²) in [6, 6.07) is 62.7. The molecular formula is C51H37N5. The fraction of sp³-hybridized carbons (Fsp3) is 0.0588. The third-order valence-electron chi connectivity index (χ3n) is 11.2. The lowest BCUT2D eigenvalue weighted by atomic mass is 9.98. The monoisotopic (exact) mass is 719 g/mol. The Balaban J connectivity index is 0.988. The summed E-state index contributed by atoms with van der Waals surface area (Å²) in [6.07, 6.45) is 6.42. The van der Waals surface area contributed by atoms with Gasteiger partial charge in [0.15, 0.2) is 5.84 Å². The molecule has 9 aromatic rings. The van der Waals surface area contributed by atoms with Gasteiger partial charge in [0, 0.05) is 49.9 Å². The summed E-state index contributed by atoms with van der Waals surface area (Å²) in [7, 11) is 0. The summed E-state index contributed by atoms with van der Waals surface area (Å²) in [5.41, 5.74) is 14.2. The Hall–Kier alpha value is -7.24. The first-order chi connectivity index (χ1) is 27.8. The number of benzene rings is 7. The van der Waals surface area contributed by atoms with Crippen molar-refractivity contribution in [1.82, 2.24) is 14.5 Å². The molecule has 0 bridgehead atoms. The Kier molecular flexibility index (Phi) is 7.62. The summed E-state index contributed by atoms with van der Waals surface area (Å²) >= 11 is 0. The average molecular weight is 720 g/mol. The van der Waals surface area contributed by atoms with E-state index in [2.05, 4.69) is 178 Å². The Morgan fingerprint density at radius 2 is 1.11 bits per heavy atom. The highest BCUT2D eigenvalue weighted by Gasteiger charge is 2.23. The van der Waals surface area contributed by atoms with Crippen LogP contribution in [0.25, 0.3) is 61.3 Å². The topological polar surface area (TPSA) is 46.6 Å². The number of aromatic nitrogens is 2. The molecule has 1 N–H and O–H groups in total. The molecule has 2 aliphatic rings. The standard InChI is InChI=1S/C51H37N5/c1-4-14-34(15-5-1)49-52-50(35-16-6-2-7-17-35)54-51(53-49)36-24-28-40(29-25-36)56-46-23-13-11-21-42(46)44-33-38(27-31-48(44)56)37-26-30-47-43(32-37)41-20-10-12-22-45(41)55(47)39-18-8-3-9-19-39/h1-12,14-22,24-33,49H,13,23H2,(H,52,53,54). The molecule has 2 aromatic heterocycles. The highest BCUT2D eigenvalue weighted by molar-refractivity contribution is 6.13. The van der Waals surface area contributed by atoms with E-state index in [-0.39, 0.29) is 6.17 Å². The molecule has 3 heterocycles. The fourth-order valence-electron chi connectivity index (χ4n) is 8.59. The molecule has 56 heavy (non-hydrogen) atoms. The van der Waals surface area contributed by atoms with Gasteiger partial charge in [0.05, 0.1) is 16.6 Å². The first kappa shape index (κ1) is 32.2. The second-order valence-electron chi connectivity index (χ2n) is 14.6. The molecule has 1 aliphatic heterocycles. The molecule has 5 heteroatoms. The maximum Gasteiger partial charge on any atom is 0.159 e. The Morgan fingerprint density at radius 1 is 0.500 bits per heavy atom. The Bertz CT molecular complexity index is 3020. The Labute approximate surface area is 325 Å². The van der Waals surface area contributed by atoms with Crippen LogP contribution >= 0.6 is 0 Å². The number of hydrogen-bond acceptors (Lipinski definition) is 3. The maximum atomic E-state index is 5.10. The number of fused-ring (bicyclic) bond motifs is 6. The van der Waals surface area contributed by atoms with Gasteiger partial charge in [-0.3, -0.25) is 0 Å². The van der Waals surface area contributed by atoms with Gasteiger partial charge < -0.3 is 14.5 Å². The zero-order valence-corrected chi connectivity index (χ0v) is 30.7. The third-order valence-corrected chi connectivity index (χ3v) is 11.2. The average Bonchev–Trinajstić information content (AvgIpc) is 3.79. The van der Waals surface area contributed by atoms with E-state index in [4.69, 9.17) is 9.98 Å². The predicted molar refractivity (Wildman–Crippen MR) is 232 cm³/mol. The van der Waals surface area contributed by atoms with Crippen LogP contribution in [0.5, 0.6) is 0 Å². The molecule has 0 radical (unpaired) electrons. The van der Waals surface area contributed by atoms with Crippen molar-refractivity contribution in [3.63, 3.8) is 0 Å². The van der Waals surface area contributed by atoms with E-state index < -0.39 is 0 Å². The summed E-state index contributed by atoms with van der Waals surface area (Å²) in [6.45, 7) is 0. The molecule has 0 saturated heterocycles. The van der Waals surface area contributed by atoms with Crippen molar-refractivity contribution >= 4 is 50.5 Å². The lowest BCUT2D eigenvalue weighted by Crippen LogP contribution is -2.33. The van der Waals surface area contributed by atoms with Crippen LogP contribution in [-0.4, -0.2) is 20.8 Å². The van der Waals surface area contributed by atoms with Gasteiger partial charge in [0.1, 0.15) is 12.0 Å². The smallest absolute Gasteiger partial charge is 0.159 e. The van der Waals surface area contributed by atoms with E-state index in [1.54, 1.807) is 0 Å². The highest BCUT2D eigenvalue weighted by Crippen LogP contribution is 2.39. The van der Waals surface area contributed by atoms with E-state index in [1.807, 2.05) is 24.3 Å². The highest BCUT2D eigenvalue weighted by atomic mass is 15.2. The maximum absolute atomic E-state index is 5.10. The zero-order chi connectivity index (χ0) is 37.0. The summed E-state index contributed by atoms with van der Waals surface area (Å²) in [5.74, 6) is 1.54. The lowest BCUT2D eigenvalue weighted by molar-refractivity contribution is 0.674. The van der Waals surface area contributed by atoms with Crippen molar-refractivity contribution in [3.8, 4) is 22.5 Å². The van der Waals surface area contributed by atoms with E-state index in [1.165, 1.54) is 60.8 Å². The fourth-order valence-corrected chi connectivity index (χ4v) is 8.59. The molecule has 0 saturated carbocycles. The van der Waals surface area contributed by atoms with Gasteiger partial charge >= 0.3 is 0 Å². The summed E-state index contributed by atoms with van der Waals surface area (Å²) < 4.78 is 4.83. The lowest BCUT2D eigenvalue weighted by Gasteiger charge is -2.23. The van der Waals surface area contributed by atoms with Crippen LogP contribution in [0.3, 0.4) is 0 Å². The summed E-state index contributed by atoms with van der Waals surface area (Å²) in [5, 5.41) is 7.36. The van der Waals surface area contributed by atoms with Gasteiger partial charge in [0.25, 0.3) is 0 Å². The van der Waals surface area contributed by atoms with Gasteiger partial charge in [-0.1, -0.05) is 121 Å². The van der Waals surface area contributed by atoms with Crippen LogP contribution < -0.4 is 5.32 Å². The minimum atomic E-state index is -0.233. The number of allylic oxidation sites excluding steroid dienone is 1. The minimum absolute atomic E-state index is 0.233. The van der Waals surface area contributed by atoms with E-state index in [0.717, 1.165) is 46.9 Å². The molecule has 1 unspecified atom stereocenters. The second-order valence-corrected chi connectivity index (χ2v) is 14.6. The molecule has 1 aliphatic carbocycles. The first-order valence-electron chi connectivity index (χ1n) is 19.3. The van der Waals surface area contributed by atoms with E-state index in [9.17, 15) is 0 Å². The molecule has 0 spiro atoms. The van der Waals surface area contributed by atoms with Gasteiger partial charge in [-0.2, -0.15) is 0 Å². The van der Waals surface area contributed by atoms with Crippen LogP contribution in [0.1, 0.15) is 40.5 Å². The second kappa shape index (κ2) is 13.3. The van der Waals surface area contributed by atoms with Gasteiger partial charge in [-0.25, -0.2) is 9.98 Å². The number of nitrogens with zero attached hydrogens (tertiary/aromatic N) is 4. The number of aliphatic imine (C=N–C) groups is 2. The van der Waals surface area contributed by atoms with Crippen molar-refractivity contribution in [2.24, 2.45) is 9.98 Å². The zero-order valence-electron chi connectivity index (χ0n) is 30.7. The van der Waals surface area contributed by atoms with Crippen molar-refractivity contribution < 1.29 is 0 Å². The van der Waals surface area contributed by atoms with E-state index >= 15 is 0 Å². The van der Waals surface area contributed by atoms with E-state index in [0.29, 0.717) is 0 Å². The molecule has 0 amide bonds. The molecule has 0 fully saturated rings. The van der Waals surface area contributed by atoms with Crippen LogP contribution in [0.4, 0.5) is 0 Å². The van der Waals surface area contributed by atoms with Crippen LogP contribution in [0.15, 0.2) is 192 Å². The predicted octanol–water partition coefficient (Wildman–Crippen LogP) is 11.8. The van der Waals surface area contributed by atoms with Crippen LogP contribution in [-0.2, 0) is 6.42 Å². The number of para-hydroxylation sites is 2. The van der Waals surface area contributed by atoms with Gasteiger partial charge in [0.2, 0.25) is 0 Å². The largest absolute Gasteiger partial charge is 0.344 e. The first-order valence-corrected chi connectivity index (χ1v) is 19.3. The van der Waals surface area contributed by atoms with Crippen molar-refractivity contribution in [2.45, 2.75) is 19.0 Å². The molecular weight excluding hydrogens is 683 g/mol. The van der Waals surface area contributed by atoms with Crippen molar-refractivity contribution in [1.29, 1.82) is 0 Å². The van der Waals surface area contributed by atoms with Gasteiger partial charge in [-0.15, -0.1) is 0 Å². The number of amidine groups is 2. The normalized spacial score (nSPS) is 15.1. The van der Waals surface area contributed by atoms with Crippen molar-refractivity contribution in [2.75, 3.05) is 0 Å².